The van der Waals surface area contributed by atoms with Crippen LogP contribution in [0.25, 0.3) is 16.7 Å². The number of ketones is 1. The standard InChI is InChI=1S/C20H17FN4O3/c1-3-24-19(27)15-6-4-5-7-17(15)25-18(22-23-20(24)25)11-28-13-8-9-14(12(2)26)16(21)10-13/h4-10H,3,11H2,1-2H3. The van der Waals surface area contributed by atoms with Gasteiger partial charge in [0, 0.05) is 12.6 Å². The maximum atomic E-state index is 14.0. The quantitative estimate of drug-likeness (QED) is 0.498. The molecule has 4 rings (SSSR count). The average Bonchev–Trinajstić information content (AvgIpc) is 3.10. The number of hydrogen-bond acceptors (Lipinski definition) is 5. The number of para-hydroxylation sites is 1. The molecule has 0 aliphatic rings. The Balaban J connectivity index is 1.76. The van der Waals surface area contributed by atoms with E-state index < -0.39 is 5.82 Å². The molecule has 7 nitrogen and oxygen atoms in total. The summed E-state index contributed by atoms with van der Waals surface area (Å²) in [5, 5.41) is 8.85. The summed E-state index contributed by atoms with van der Waals surface area (Å²) in [4.78, 5) is 24.0. The van der Waals surface area contributed by atoms with E-state index in [1.165, 1.54) is 25.1 Å². The largest absolute Gasteiger partial charge is 0.485 e. The van der Waals surface area contributed by atoms with E-state index in [0.29, 0.717) is 29.0 Å². The lowest BCUT2D eigenvalue weighted by atomic mass is 10.1. The van der Waals surface area contributed by atoms with E-state index >= 15 is 0 Å². The number of nitrogens with zero attached hydrogens (tertiary/aromatic N) is 4. The van der Waals surface area contributed by atoms with Gasteiger partial charge in [0.05, 0.1) is 16.5 Å². The van der Waals surface area contributed by atoms with E-state index in [2.05, 4.69) is 10.2 Å². The van der Waals surface area contributed by atoms with Gasteiger partial charge >= 0.3 is 0 Å². The highest BCUT2D eigenvalue weighted by molar-refractivity contribution is 5.94. The summed E-state index contributed by atoms with van der Waals surface area (Å²) < 4.78 is 23.0. The van der Waals surface area contributed by atoms with Crippen LogP contribution < -0.4 is 10.3 Å². The number of rotatable bonds is 5. The smallest absolute Gasteiger partial charge is 0.262 e. The van der Waals surface area contributed by atoms with Gasteiger partial charge in [-0.2, -0.15) is 0 Å². The van der Waals surface area contributed by atoms with Gasteiger partial charge in [-0.15, -0.1) is 10.2 Å². The van der Waals surface area contributed by atoms with Gasteiger partial charge < -0.3 is 4.74 Å². The molecule has 0 radical (unpaired) electrons. The Hall–Kier alpha value is -3.55. The van der Waals surface area contributed by atoms with Gasteiger partial charge in [0.1, 0.15) is 18.2 Å². The minimum Gasteiger partial charge on any atom is -0.485 e. The van der Waals surface area contributed by atoms with Crippen molar-refractivity contribution in [1.82, 2.24) is 19.2 Å². The van der Waals surface area contributed by atoms with Crippen molar-refractivity contribution in [3.8, 4) is 5.75 Å². The second-order valence-electron chi connectivity index (χ2n) is 6.30. The van der Waals surface area contributed by atoms with E-state index in [1.807, 2.05) is 19.1 Å². The Kier molecular flexibility index (Phi) is 4.38. The summed E-state index contributed by atoms with van der Waals surface area (Å²) in [5.41, 5.74) is 0.555. The van der Waals surface area contributed by atoms with Crippen LogP contribution in [0.3, 0.4) is 0 Å². The van der Waals surface area contributed by atoms with Gasteiger partial charge in [-0.1, -0.05) is 12.1 Å². The molecule has 0 fully saturated rings. The summed E-state index contributed by atoms with van der Waals surface area (Å²) in [6, 6.07) is 11.3. The SMILES string of the molecule is CCn1c(=O)c2ccccc2n2c(COc3ccc(C(C)=O)c(F)c3)nnc12. The molecule has 28 heavy (non-hydrogen) atoms. The molecule has 0 N–H and O–H groups in total. The molecule has 0 aliphatic carbocycles. The molecule has 4 aromatic rings. The van der Waals surface area contributed by atoms with Gasteiger partial charge in [-0.3, -0.25) is 18.6 Å². The third kappa shape index (κ3) is 2.83. The molecule has 0 bridgehead atoms. The average molecular weight is 380 g/mol. The minimum atomic E-state index is -0.638. The number of halogens is 1. The summed E-state index contributed by atoms with van der Waals surface area (Å²) in [6.07, 6.45) is 0. The zero-order valence-electron chi connectivity index (χ0n) is 15.3. The molecule has 0 unspecified atom stereocenters. The topological polar surface area (TPSA) is 78.5 Å². The van der Waals surface area contributed by atoms with E-state index in [0.717, 1.165) is 0 Å². The van der Waals surface area contributed by atoms with Gasteiger partial charge in [0.25, 0.3) is 5.56 Å². The fraction of sp³-hybridized carbons (Fsp3) is 0.200. The number of aromatic nitrogens is 4. The van der Waals surface area contributed by atoms with Crippen LogP contribution in [0.2, 0.25) is 0 Å². The van der Waals surface area contributed by atoms with E-state index in [-0.39, 0.29) is 29.3 Å². The number of aryl methyl sites for hydroxylation is 1. The van der Waals surface area contributed by atoms with Crippen molar-refractivity contribution in [2.75, 3.05) is 0 Å². The van der Waals surface area contributed by atoms with Crippen LogP contribution in [0, 0.1) is 5.82 Å². The Morgan fingerprint density at radius 1 is 1.18 bits per heavy atom. The monoisotopic (exact) mass is 380 g/mol. The number of hydrogen-bond donors (Lipinski definition) is 0. The van der Waals surface area contributed by atoms with E-state index in [1.54, 1.807) is 21.1 Å². The Morgan fingerprint density at radius 2 is 1.96 bits per heavy atom. The molecule has 142 valence electrons. The lowest BCUT2D eigenvalue weighted by molar-refractivity contribution is 0.101. The van der Waals surface area contributed by atoms with Crippen molar-refractivity contribution in [2.45, 2.75) is 27.0 Å². The lowest BCUT2D eigenvalue weighted by Gasteiger charge is -2.10. The van der Waals surface area contributed by atoms with Crippen molar-refractivity contribution in [3.63, 3.8) is 0 Å². The maximum Gasteiger partial charge on any atom is 0.262 e. The number of benzene rings is 2. The number of ether oxygens (including phenoxy) is 1. The minimum absolute atomic E-state index is 0.0123. The predicted molar refractivity (Wildman–Crippen MR) is 101 cm³/mol. The summed E-state index contributed by atoms with van der Waals surface area (Å²) in [7, 11) is 0. The second kappa shape index (κ2) is 6.88. The van der Waals surface area contributed by atoms with Gasteiger partial charge in [0.15, 0.2) is 11.6 Å². The van der Waals surface area contributed by atoms with Crippen LogP contribution in [-0.4, -0.2) is 24.9 Å². The molecule has 0 saturated heterocycles. The third-order valence-electron chi connectivity index (χ3n) is 4.58. The summed E-state index contributed by atoms with van der Waals surface area (Å²) in [5.74, 6) is 0.178. The van der Waals surface area contributed by atoms with Crippen LogP contribution in [0.15, 0.2) is 47.3 Å². The van der Waals surface area contributed by atoms with Crippen LogP contribution in [0.4, 0.5) is 4.39 Å². The zero-order valence-corrected chi connectivity index (χ0v) is 15.3. The van der Waals surface area contributed by atoms with Crippen LogP contribution in [0.1, 0.15) is 30.0 Å². The highest BCUT2D eigenvalue weighted by Gasteiger charge is 2.16. The first-order valence-corrected chi connectivity index (χ1v) is 8.80. The second-order valence-corrected chi connectivity index (χ2v) is 6.30. The van der Waals surface area contributed by atoms with E-state index in [4.69, 9.17) is 4.74 Å². The molecular formula is C20H17FN4O3. The van der Waals surface area contributed by atoms with Crippen molar-refractivity contribution in [2.24, 2.45) is 0 Å². The first-order valence-electron chi connectivity index (χ1n) is 8.80. The molecule has 0 atom stereocenters. The Morgan fingerprint density at radius 3 is 2.68 bits per heavy atom. The molecule has 2 aromatic heterocycles. The number of Topliss-reactive ketones (excluding diaryl/α,β-unsaturated/α-hetero) is 1. The molecule has 0 spiro atoms. The van der Waals surface area contributed by atoms with Crippen molar-refractivity contribution in [1.29, 1.82) is 0 Å². The molecular weight excluding hydrogens is 363 g/mol. The molecule has 2 heterocycles. The molecule has 8 heteroatoms. The first kappa shape index (κ1) is 17.8. The van der Waals surface area contributed by atoms with Crippen LogP contribution >= 0.6 is 0 Å². The molecule has 0 aliphatic heterocycles. The highest BCUT2D eigenvalue weighted by atomic mass is 19.1. The number of carbonyl (C=O) groups excluding carboxylic acids is 1. The predicted octanol–water partition coefficient (Wildman–Crippen LogP) is 2.98. The highest BCUT2D eigenvalue weighted by Crippen LogP contribution is 2.19. The lowest BCUT2D eigenvalue weighted by Crippen LogP contribution is -2.22. The molecule has 0 amide bonds. The Labute approximate surface area is 159 Å². The maximum absolute atomic E-state index is 14.0. The van der Waals surface area contributed by atoms with Gasteiger partial charge in [-0.25, -0.2) is 4.39 Å². The normalized spacial score (nSPS) is 11.2. The van der Waals surface area contributed by atoms with Crippen molar-refractivity contribution >= 4 is 22.5 Å². The van der Waals surface area contributed by atoms with Gasteiger partial charge in [0.2, 0.25) is 5.78 Å². The zero-order chi connectivity index (χ0) is 19.8. The third-order valence-corrected chi connectivity index (χ3v) is 4.58. The number of carbonyl (C=O) groups is 1. The molecule has 0 saturated carbocycles. The van der Waals surface area contributed by atoms with Crippen molar-refractivity contribution in [3.05, 3.63) is 70.0 Å². The Bertz CT molecular complexity index is 1280. The fourth-order valence-corrected chi connectivity index (χ4v) is 3.21. The number of fused-ring (bicyclic) bond motifs is 3. The van der Waals surface area contributed by atoms with Crippen LogP contribution in [-0.2, 0) is 13.2 Å². The van der Waals surface area contributed by atoms with Crippen molar-refractivity contribution < 1.29 is 13.9 Å². The van der Waals surface area contributed by atoms with E-state index in [9.17, 15) is 14.0 Å². The first-order chi connectivity index (χ1) is 13.5. The molecule has 2 aromatic carbocycles. The van der Waals surface area contributed by atoms with Gasteiger partial charge in [-0.05, 0) is 38.1 Å². The summed E-state index contributed by atoms with van der Waals surface area (Å²) >= 11 is 0. The fourth-order valence-electron chi connectivity index (χ4n) is 3.21. The summed E-state index contributed by atoms with van der Waals surface area (Å²) in [6.45, 7) is 3.63. The van der Waals surface area contributed by atoms with Crippen LogP contribution in [0.5, 0.6) is 5.75 Å².